The monoisotopic (exact) mass is 374 g/mol. The van der Waals surface area contributed by atoms with E-state index in [4.69, 9.17) is 4.52 Å². The Kier molecular flexibility index (Phi) is 5.45. The Balaban J connectivity index is 2.09. The lowest BCUT2D eigenvalue weighted by atomic mass is 10.2. The quantitative estimate of drug-likeness (QED) is 0.752. The predicted molar refractivity (Wildman–Crippen MR) is 80.1 cm³/mol. The number of hydrogen-bond acceptors (Lipinski definition) is 6. The highest BCUT2D eigenvalue weighted by molar-refractivity contribution is 9.10. The van der Waals surface area contributed by atoms with Crippen LogP contribution in [-0.4, -0.2) is 32.2 Å². The molecule has 1 heterocycles. The maximum Gasteiger partial charge on any atom is 0.241 e. The molecule has 2 aromatic rings. The molecule has 0 radical (unpaired) electrons. The molecule has 7 nitrogen and oxygen atoms in total. The van der Waals surface area contributed by atoms with E-state index >= 15 is 0 Å². The van der Waals surface area contributed by atoms with Gasteiger partial charge in [0.1, 0.15) is 0 Å². The molecule has 2 N–H and O–H groups in total. The van der Waals surface area contributed by atoms with E-state index in [1.807, 2.05) is 6.07 Å². The third-order valence-corrected chi connectivity index (χ3v) is 5.16. The van der Waals surface area contributed by atoms with Gasteiger partial charge >= 0.3 is 0 Å². The number of hydrogen-bond donors (Lipinski definition) is 2. The zero-order chi connectivity index (χ0) is 15.3. The van der Waals surface area contributed by atoms with Gasteiger partial charge in [-0.1, -0.05) is 11.2 Å². The molecule has 21 heavy (non-hydrogen) atoms. The number of nitrogens with zero attached hydrogens (tertiary/aromatic N) is 2. The normalized spacial score (nSPS) is 11.7. The minimum atomic E-state index is -3.60. The molecule has 1 aromatic carbocycles. The molecule has 114 valence electrons. The standard InChI is InChI=1S/C12H15BrN4O3S/c1-14-7-9-2-3-10(13)11(6-9)21(18,19)17-5-4-12-15-8-16-20-12/h2-3,6,8,14,17H,4-5,7H2,1H3. The van der Waals surface area contributed by atoms with Crippen LogP contribution in [0.4, 0.5) is 0 Å². The van der Waals surface area contributed by atoms with Gasteiger partial charge in [-0.25, -0.2) is 13.1 Å². The van der Waals surface area contributed by atoms with Crippen LogP contribution < -0.4 is 10.0 Å². The van der Waals surface area contributed by atoms with Crippen LogP contribution in [-0.2, 0) is 23.0 Å². The highest BCUT2D eigenvalue weighted by Gasteiger charge is 2.18. The molecule has 0 amide bonds. The second kappa shape index (κ2) is 7.12. The van der Waals surface area contributed by atoms with E-state index in [-0.39, 0.29) is 11.4 Å². The van der Waals surface area contributed by atoms with Crippen molar-refractivity contribution in [1.82, 2.24) is 20.2 Å². The fourth-order valence-corrected chi connectivity index (χ4v) is 3.79. The van der Waals surface area contributed by atoms with Crippen molar-refractivity contribution in [3.05, 3.63) is 40.5 Å². The summed E-state index contributed by atoms with van der Waals surface area (Å²) < 4.78 is 32.5. The Morgan fingerprint density at radius 3 is 2.86 bits per heavy atom. The van der Waals surface area contributed by atoms with Gasteiger partial charge in [-0.2, -0.15) is 4.98 Å². The number of benzene rings is 1. The van der Waals surface area contributed by atoms with Gasteiger partial charge in [0.2, 0.25) is 15.9 Å². The lowest BCUT2D eigenvalue weighted by molar-refractivity contribution is 0.377. The molecule has 0 aliphatic rings. The number of nitrogens with one attached hydrogen (secondary N) is 2. The zero-order valence-electron chi connectivity index (χ0n) is 11.3. The first-order valence-corrected chi connectivity index (χ1v) is 8.49. The second-order valence-corrected chi connectivity index (χ2v) is 6.87. The highest BCUT2D eigenvalue weighted by atomic mass is 79.9. The molecule has 0 spiro atoms. The maximum atomic E-state index is 12.3. The highest BCUT2D eigenvalue weighted by Crippen LogP contribution is 2.23. The number of sulfonamides is 1. The summed E-state index contributed by atoms with van der Waals surface area (Å²) in [6.45, 7) is 0.783. The first-order chi connectivity index (χ1) is 10.0. The van der Waals surface area contributed by atoms with Crippen LogP contribution in [0.15, 0.2) is 38.4 Å². The Morgan fingerprint density at radius 2 is 2.19 bits per heavy atom. The molecule has 0 bridgehead atoms. The van der Waals surface area contributed by atoms with Gasteiger partial charge in [-0.05, 0) is 40.7 Å². The summed E-state index contributed by atoms with van der Waals surface area (Å²) in [5.74, 6) is 0.390. The molecule has 0 fully saturated rings. The first kappa shape index (κ1) is 16.1. The second-order valence-electron chi connectivity index (χ2n) is 4.28. The van der Waals surface area contributed by atoms with E-state index < -0.39 is 10.0 Å². The summed E-state index contributed by atoms with van der Waals surface area (Å²) in [6, 6.07) is 5.22. The van der Waals surface area contributed by atoms with E-state index in [2.05, 4.69) is 36.1 Å². The Morgan fingerprint density at radius 1 is 1.38 bits per heavy atom. The molecule has 0 atom stereocenters. The van der Waals surface area contributed by atoms with Gasteiger partial charge in [0.25, 0.3) is 0 Å². The van der Waals surface area contributed by atoms with Gasteiger partial charge in [-0.3, -0.25) is 0 Å². The molecule has 0 aliphatic heterocycles. The van der Waals surface area contributed by atoms with Crippen LogP contribution in [0, 0.1) is 0 Å². The van der Waals surface area contributed by atoms with Gasteiger partial charge in [-0.15, -0.1) is 0 Å². The van der Waals surface area contributed by atoms with E-state index in [1.165, 1.54) is 6.33 Å². The molecule has 0 saturated carbocycles. The molecule has 0 saturated heterocycles. The fourth-order valence-electron chi connectivity index (χ4n) is 1.74. The molecular formula is C12H15BrN4O3S. The number of aromatic nitrogens is 2. The Labute approximate surface area is 131 Å². The smallest absolute Gasteiger partial charge is 0.241 e. The van der Waals surface area contributed by atoms with Crippen LogP contribution in [0.1, 0.15) is 11.5 Å². The van der Waals surface area contributed by atoms with Crippen molar-refractivity contribution in [3.63, 3.8) is 0 Å². The molecule has 9 heteroatoms. The van der Waals surface area contributed by atoms with E-state index in [0.717, 1.165) is 5.56 Å². The van der Waals surface area contributed by atoms with Crippen molar-refractivity contribution in [2.24, 2.45) is 0 Å². The summed E-state index contributed by atoms with van der Waals surface area (Å²) in [6.07, 6.45) is 1.62. The van der Waals surface area contributed by atoms with Crippen LogP contribution in [0.25, 0.3) is 0 Å². The summed E-state index contributed by atoms with van der Waals surface area (Å²) in [5.41, 5.74) is 0.887. The van der Waals surface area contributed by atoms with Crippen molar-refractivity contribution in [3.8, 4) is 0 Å². The molecular weight excluding hydrogens is 360 g/mol. The Hall–Kier alpha value is -1.29. The minimum Gasteiger partial charge on any atom is -0.340 e. The SMILES string of the molecule is CNCc1ccc(Br)c(S(=O)(=O)NCCc2ncno2)c1. The Bertz CT molecular complexity index is 689. The van der Waals surface area contributed by atoms with Crippen molar-refractivity contribution >= 4 is 26.0 Å². The molecule has 0 unspecified atom stereocenters. The topological polar surface area (TPSA) is 97.1 Å². The summed E-state index contributed by atoms with van der Waals surface area (Å²) >= 11 is 3.27. The van der Waals surface area contributed by atoms with E-state index in [0.29, 0.717) is 23.3 Å². The van der Waals surface area contributed by atoms with Gasteiger partial charge in [0, 0.05) is 24.0 Å². The summed E-state index contributed by atoms with van der Waals surface area (Å²) in [4.78, 5) is 4.04. The van der Waals surface area contributed by atoms with Gasteiger partial charge in [0.15, 0.2) is 6.33 Å². The van der Waals surface area contributed by atoms with Crippen molar-refractivity contribution < 1.29 is 12.9 Å². The zero-order valence-corrected chi connectivity index (χ0v) is 13.7. The largest absolute Gasteiger partial charge is 0.340 e. The summed E-state index contributed by atoms with van der Waals surface area (Å²) in [5, 5.41) is 6.45. The van der Waals surface area contributed by atoms with Crippen molar-refractivity contribution in [2.45, 2.75) is 17.9 Å². The number of rotatable bonds is 7. The lowest BCUT2D eigenvalue weighted by Crippen LogP contribution is -2.26. The van der Waals surface area contributed by atoms with Crippen LogP contribution in [0.2, 0.25) is 0 Å². The van der Waals surface area contributed by atoms with E-state index in [1.54, 1.807) is 19.2 Å². The van der Waals surface area contributed by atoms with Crippen LogP contribution >= 0.6 is 15.9 Å². The van der Waals surface area contributed by atoms with Gasteiger partial charge in [0.05, 0.1) is 4.90 Å². The third kappa shape index (κ3) is 4.34. The van der Waals surface area contributed by atoms with Crippen molar-refractivity contribution in [2.75, 3.05) is 13.6 Å². The molecule has 2 rings (SSSR count). The average molecular weight is 375 g/mol. The molecule has 1 aromatic heterocycles. The fraction of sp³-hybridized carbons (Fsp3) is 0.333. The summed E-state index contributed by atoms with van der Waals surface area (Å²) in [7, 11) is -1.80. The predicted octanol–water partition coefficient (Wildman–Crippen LogP) is 1.07. The lowest BCUT2D eigenvalue weighted by Gasteiger charge is -2.09. The minimum absolute atomic E-state index is 0.188. The van der Waals surface area contributed by atoms with Crippen LogP contribution in [0.5, 0.6) is 0 Å². The van der Waals surface area contributed by atoms with Crippen molar-refractivity contribution in [1.29, 1.82) is 0 Å². The maximum absolute atomic E-state index is 12.3. The number of halogens is 1. The van der Waals surface area contributed by atoms with E-state index in [9.17, 15) is 8.42 Å². The first-order valence-electron chi connectivity index (χ1n) is 6.21. The third-order valence-electron chi connectivity index (χ3n) is 2.70. The molecule has 0 aliphatic carbocycles. The average Bonchev–Trinajstić information content (AvgIpc) is 2.94. The van der Waals surface area contributed by atoms with Crippen LogP contribution in [0.3, 0.4) is 0 Å². The van der Waals surface area contributed by atoms with Gasteiger partial charge < -0.3 is 9.84 Å².